The van der Waals surface area contributed by atoms with E-state index in [1.165, 1.54) is 12.8 Å². The van der Waals surface area contributed by atoms with Gasteiger partial charge in [-0.2, -0.15) is 0 Å². The van der Waals surface area contributed by atoms with E-state index in [0.717, 1.165) is 52.4 Å². The molecule has 1 heterocycles. The zero-order chi connectivity index (χ0) is 13.3. The summed E-state index contributed by atoms with van der Waals surface area (Å²) in [6.45, 7) is 11.3. The molecule has 1 aliphatic heterocycles. The first-order valence-corrected chi connectivity index (χ1v) is 7.38. The highest BCUT2D eigenvalue weighted by molar-refractivity contribution is 4.87. The Balaban J connectivity index is 2.52. The maximum Gasteiger partial charge on any atom is 0.0558 e. The first-order chi connectivity index (χ1) is 8.76. The van der Waals surface area contributed by atoms with E-state index >= 15 is 0 Å². The molecule has 4 nitrogen and oxygen atoms in total. The Morgan fingerprint density at radius 1 is 1.39 bits per heavy atom. The quantitative estimate of drug-likeness (QED) is 0.608. The molecule has 0 aromatic carbocycles. The number of nitrogens with zero attached hydrogens (tertiary/aromatic N) is 1. The van der Waals surface area contributed by atoms with E-state index in [9.17, 15) is 0 Å². The van der Waals surface area contributed by atoms with Gasteiger partial charge in [0, 0.05) is 31.7 Å². The molecule has 2 N–H and O–H groups in total. The van der Waals surface area contributed by atoms with Crippen LogP contribution in [0.1, 0.15) is 33.1 Å². The highest BCUT2D eigenvalue weighted by Gasteiger charge is 2.34. The van der Waals surface area contributed by atoms with E-state index in [0.29, 0.717) is 0 Å². The van der Waals surface area contributed by atoms with Crippen LogP contribution in [0.2, 0.25) is 0 Å². The Kier molecular flexibility index (Phi) is 7.82. The molecule has 1 saturated heterocycles. The Bertz CT molecular complexity index is 206. The van der Waals surface area contributed by atoms with Crippen LogP contribution < -0.4 is 5.32 Å². The fourth-order valence-electron chi connectivity index (χ4n) is 2.73. The average molecular weight is 258 g/mol. The summed E-state index contributed by atoms with van der Waals surface area (Å²) < 4.78 is 5.71. The van der Waals surface area contributed by atoms with Crippen LogP contribution in [0.4, 0.5) is 0 Å². The minimum absolute atomic E-state index is 0.235. The van der Waals surface area contributed by atoms with E-state index in [1.54, 1.807) is 0 Å². The van der Waals surface area contributed by atoms with Crippen LogP contribution in [0.5, 0.6) is 0 Å². The molecule has 1 rings (SSSR count). The van der Waals surface area contributed by atoms with Gasteiger partial charge in [-0.05, 0) is 32.4 Å². The van der Waals surface area contributed by atoms with Crippen LogP contribution in [-0.2, 0) is 4.74 Å². The van der Waals surface area contributed by atoms with Crippen molar-refractivity contribution < 1.29 is 9.84 Å². The van der Waals surface area contributed by atoms with Crippen LogP contribution in [0.15, 0.2) is 0 Å². The molecular formula is C14H30N2O2. The summed E-state index contributed by atoms with van der Waals surface area (Å²) in [5.41, 5.74) is 0.235. The standard InChI is InChI=1S/C14H30N2O2/c1-3-7-15-11-14(6-5-10-18-13-14)12-16(4-2)8-9-17/h15,17H,3-13H2,1-2H3. The zero-order valence-corrected chi connectivity index (χ0v) is 12.1. The van der Waals surface area contributed by atoms with Crippen molar-refractivity contribution >= 4 is 0 Å². The van der Waals surface area contributed by atoms with Crippen LogP contribution >= 0.6 is 0 Å². The third kappa shape index (κ3) is 5.22. The van der Waals surface area contributed by atoms with Gasteiger partial charge in [0.15, 0.2) is 0 Å². The van der Waals surface area contributed by atoms with Gasteiger partial charge in [-0.3, -0.25) is 0 Å². The van der Waals surface area contributed by atoms with Crippen molar-refractivity contribution in [2.45, 2.75) is 33.1 Å². The summed E-state index contributed by atoms with van der Waals surface area (Å²) in [6, 6.07) is 0. The summed E-state index contributed by atoms with van der Waals surface area (Å²) in [5.74, 6) is 0. The highest BCUT2D eigenvalue weighted by Crippen LogP contribution is 2.29. The van der Waals surface area contributed by atoms with Crippen molar-refractivity contribution in [3.63, 3.8) is 0 Å². The summed E-state index contributed by atoms with van der Waals surface area (Å²) in [6.07, 6.45) is 3.56. The summed E-state index contributed by atoms with van der Waals surface area (Å²) >= 11 is 0. The summed E-state index contributed by atoms with van der Waals surface area (Å²) in [5, 5.41) is 12.7. The van der Waals surface area contributed by atoms with Gasteiger partial charge in [0.2, 0.25) is 0 Å². The molecule has 0 spiro atoms. The number of ether oxygens (including phenoxy) is 1. The number of hydrogen-bond acceptors (Lipinski definition) is 4. The predicted molar refractivity (Wildman–Crippen MR) is 74.8 cm³/mol. The van der Waals surface area contributed by atoms with Gasteiger partial charge < -0.3 is 20.1 Å². The maximum atomic E-state index is 9.11. The summed E-state index contributed by atoms with van der Waals surface area (Å²) in [7, 11) is 0. The number of rotatable bonds is 9. The molecule has 0 aromatic rings. The largest absolute Gasteiger partial charge is 0.395 e. The molecule has 1 atom stereocenters. The Morgan fingerprint density at radius 2 is 2.22 bits per heavy atom. The van der Waals surface area contributed by atoms with Gasteiger partial charge in [-0.25, -0.2) is 0 Å². The Morgan fingerprint density at radius 3 is 2.78 bits per heavy atom. The molecule has 1 unspecified atom stereocenters. The van der Waals surface area contributed by atoms with Gasteiger partial charge in [0.25, 0.3) is 0 Å². The molecule has 0 saturated carbocycles. The van der Waals surface area contributed by atoms with Crippen LogP contribution in [-0.4, -0.2) is 62.6 Å². The Labute approximate surface area is 112 Å². The van der Waals surface area contributed by atoms with Crippen molar-refractivity contribution in [2.75, 3.05) is 52.5 Å². The molecule has 0 radical (unpaired) electrons. The number of hydrogen-bond donors (Lipinski definition) is 2. The fourth-order valence-corrected chi connectivity index (χ4v) is 2.73. The zero-order valence-electron chi connectivity index (χ0n) is 12.1. The third-order valence-corrected chi connectivity index (χ3v) is 3.75. The molecule has 1 aliphatic rings. The summed E-state index contributed by atoms with van der Waals surface area (Å²) in [4.78, 5) is 2.34. The second-order valence-electron chi connectivity index (χ2n) is 5.43. The lowest BCUT2D eigenvalue weighted by molar-refractivity contribution is -0.0271. The number of aliphatic hydroxyl groups is 1. The lowest BCUT2D eigenvalue weighted by Gasteiger charge is -2.40. The molecule has 0 bridgehead atoms. The minimum Gasteiger partial charge on any atom is -0.395 e. The lowest BCUT2D eigenvalue weighted by Crippen LogP contribution is -2.49. The fraction of sp³-hybridized carbons (Fsp3) is 1.00. The normalized spacial score (nSPS) is 24.7. The predicted octanol–water partition coefficient (Wildman–Crippen LogP) is 1.10. The third-order valence-electron chi connectivity index (χ3n) is 3.75. The van der Waals surface area contributed by atoms with E-state index < -0.39 is 0 Å². The molecule has 1 fully saturated rings. The lowest BCUT2D eigenvalue weighted by atomic mass is 9.81. The van der Waals surface area contributed by atoms with Gasteiger partial charge in [-0.15, -0.1) is 0 Å². The van der Waals surface area contributed by atoms with Gasteiger partial charge >= 0.3 is 0 Å². The number of aliphatic hydroxyl groups excluding tert-OH is 1. The average Bonchev–Trinajstić information content (AvgIpc) is 2.40. The highest BCUT2D eigenvalue weighted by atomic mass is 16.5. The van der Waals surface area contributed by atoms with Crippen molar-refractivity contribution in [3.05, 3.63) is 0 Å². The molecule has 0 aromatic heterocycles. The van der Waals surface area contributed by atoms with Crippen molar-refractivity contribution in [1.29, 1.82) is 0 Å². The molecule has 0 aliphatic carbocycles. The van der Waals surface area contributed by atoms with E-state index in [4.69, 9.17) is 9.84 Å². The molecule has 4 heteroatoms. The SMILES string of the molecule is CCCNCC1(CN(CC)CCO)CCCOC1. The van der Waals surface area contributed by atoms with Gasteiger partial charge in [0.05, 0.1) is 13.2 Å². The second kappa shape index (κ2) is 8.86. The smallest absolute Gasteiger partial charge is 0.0558 e. The molecular weight excluding hydrogens is 228 g/mol. The van der Waals surface area contributed by atoms with E-state index in [1.807, 2.05) is 0 Å². The minimum atomic E-state index is 0.235. The van der Waals surface area contributed by atoms with Gasteiger partial charge in [-0.1, -0.05) is 13.8 Å². The first-order valence-electron chi connectivity index (χ1n) is 7.38. The van der Waals surface area contributed by atoms with Crippen molar-refractivity contribution in [2.24, 2.45) is 5.41 Å². The first kappa shape index (κ1) is 15.9. The monoisotopic (exact) mass is 258 g/mol. The van der Waals surface area contributed by atoms with E-state index in [-0.39, 0.29) is 12.0 Å². The molecule has 108 valence electrons. The number of likely N-dealkylation sites (N-methyl/N-ethyl adjacent to an activating group) is 1. The van der Waals surface area contributed by atoms with Crippen LogP contribution in [0.3, 0.4) is 0 Å². The van der Waals surface area contributed by atoms with Crippen LogP contribution in [0.25, 0.3) is 0 Å². The molecule has 0 amide bonds. The topological polar surface area (TPSA) is 44.7 Å². The van der Waals surface area contributed by atoms with Crippen molar-refractivity contribution in [1.82, 2.24) is 10.2 Å². The van der Waals surface area contributed by atoms with Crippen LogP contribution in [0, 0.1) is 5.41 Å². The van der Waals surface area contributed by atoms with Gasteiger partial charge in [0.1, 0.15) is 0 Å². The Hall–Kier alpha value is -0.160. The maximum absolute atomic E-state index is 9.11. The number of nitrogens with one attached hydrogen (secondary N) is 1. The van der Waals surface area contributed by atoms with Crippen molar-refractivity contribution in [3.8, 4) is 0 Å². The van der Waals surface area contributed by atoms with E-state index in [2.05, 4.69) is 24.1 Å². The second-order valence-corrected chi connectivity index (χ2v) is 5.43. The molecule has 18 heavy (non-hydrogen) atoms.